The number of halogens is 1. The van der Waals surface area contributed by atoms with Crippen molar-refractivity contribution < 1.29 is 27.5 Å². The van der Waals surface area contributed by atoms with E-state index in [0.29, 0.717) is 5.75 Å². The molecular weight excluding hydrogens is 394 g/mol. The molecule has 9 heteroatoms. The molecule has 0 bridgehead atoms. The second-order valence-corrected chi connectivity index (χ2v) is 8.07. The van der Waals surface area contributed by atoms with Crippen LogP contribution in [0.4, 0.5) is 5.69 Å². The molecule has 2 aromatic rings. The molecule has 0 saturated heterocycles. The van der Waals surface area contributed by atoms with Crippen LogP contribution in [-0.4, -0.2) is 39.3 Å². The van der Waals surface area contributed by atoms with E-state index >= 15 is 0 Å². The molecule has 0 spiro atoms. The van der Waals surface area contributed by atoms with E-state index in [1.165, 1.54) is 25.1 Å². The maximum atomic E-state index is 12.0. The fourth-order valence-electron chi connectivity index (χ4n) is 2.02. The summed E-state index contributed by atoms with van der Waals surface area (Å²) in [5, 5.41) is 2.57. The average Bonchev–Trinajstić information content (AvgIpc) is 2.61. The van der Waals surface area contributed by atoms with Gasteiger partial charge in [0.05, 0.1) is 15.6 Å². The fraction of sp³-hybridized carbons (Fsp3) is 0.222. The number of amides is 1. The molecule has 0 aliphatic heterocycles. The molecule has 1 amide bonds. The number of hydrogen-bond donors (Lipinski definition) is 1. The van der Waals surface area contributed by atoms with E-state index in [9.17, 15) is 18.0 Å². The van der Waals surface area contributed by atoms with Gasteiger partial charge < -0.3 is 14.8 Å². The van der Waals surface area contributed by atoms with Crippen molar-refractivity contribution in [1.29, 1.82) is 0 Å². The second-order valence-electron chi connectivity index (χ2n) is 5.64. The van der Waals surface area contributed by atoms with Crippen LogP contribution in [0.25, 0.3) is 0 Å². The topological polar surface area (TPSA) is 98.8 Å². The highest BCUT2D eigenvalue weighted by atomic mass is 35.5. The lowest BCUT2D eigenvalue weighted by molar-refractivity contribution is -0.153. The van der Waals surface area contributed by atoms with Gasteiger partial charge in [0.15, 0.2) is 22.5 Å². The van der Waals surface area contributed by atoms with Crippen LogP contribution in [0.2, 0.25) is 5.02 Å². The van der Waals surface area contributed by atoms with Crippen LogP contribution < -0.4 is 10.1 Å². The van der Waals surface area contributed by atoms with E-state index in [1.807, 2.05) is 6.07 Å². The van der Waals surface area contributed by atoms with Crippen LogP contribution in [0, 0.1) is 0 Å². The van der Waals surface area contributed by atoms with Crippen molar-refractivity contribution in [2.24, 2.45) is 0 Å². The highest BCUT2D eigenvalue weighted by Gasteiger charge is 2.18. The zero-order valence-corrected chi connectivity index (χ0v) is 16.2. The van der Waals surface area contributed by atoms with Crippen LogP contribution in [0.15, 0.2) is 53.4 Å². The SMILES string of the molecule is C[C@H](Oc1ccccc1)C(=O)OCC(=O)Nc1cc(S(C)(=O)=O)ccc1Cl. The molecule has 0 aliphatic carbocycles. The van der Waals surface area contributed by atoms with E-state index in [4.69, 9.17) is 21.1 Å². The Labute approximate surface area is 162 Å². The Morgan fingerprint density at radius 1 is 1.15 bits per heavy atom. The molecule has 0 fully saturated rings. The summed E-state index contributed by atoms with van der Waals surface area (Å²) in [5.41, 5.74) is 0.106. The Bertz CT molecular complexity index is 930. The largest absolute Gasteiger partial charge is 0.479 e. The average molecular weight is 412 g/mol. The number of carbonyl (C=O) groups is 2. The Kier molecular flexibility index (Phi) is 6.81. The van der Waals surface area contributed by atoms with Gasteiger partial charge in [0.1, 0.15) is 5.75 Å². The van der Waals surface area contributed by atoms with Gasteiger partial charge in [-0.3, -0.25) is 4.79 Å². The molecule has 144 valence electrons. The van der Waals surface area contributed by atoms with Crippen molar-refractivity contribution in [2.45, 2.75) is 17.9 Å². The van der Waals surface area contributed by atoms with Gasteiger partial charge in [0.25, 0.3) is 5.91 Å². The number of ether oxygens (including phenoxy) is 2. The van der Waals surface area contributed by atoms with Crippen LogP contribution in [-0.2, 0) is 24.2 Å². The fourth-order valence-corrected chi connectivity index (χ4v) is 2.83. The first-order valence-electron chi connectivity index (χ1n) is 7.84. The van der Waals surface area contributed by atoms with Crippen molar-refractivity contribution in [3.8, 4) is 5.75 Å². The van der Waals surface area contributed by atoms with Crippen LogP contribution in [0.1, 0.15) is 6.92 Å². The van der Waals surface area contributed by atoms with Gasteiger partial charge >= 0.3 is 5.97 Å². The lowest BCUT2D eigenvalue weighted by atomic mass is 10.3. The highest BCUT2D eigenvalue weighted by Crippen LogP contribution is 2.25. The summed E-state index contributed by atoms with van der Waals surface area (Å²) in [6.07, 6.45) is 0.134. The predicted octanol–water partition coefficient (Wildman–Crippen LogP) is 2.69. The number of carbonyl (C=O) groups excluding carboxylic acids is 2. The van der Waals surface area contributed by atoms with E-state index in [-0.39, 0.29) is 15.6 Å². The number of anilines is 1. The number of rotatable bonds is 7. The van der Waals surface area contributed by atoms with E-state index < -0.39 is 34.4 Å². The molecular formula is C18H18ClNO6S. The molecule has 1 N–H and O–H groups in total. The first-order chi connectivity index (χ1) is 12.7. The minimum atomic E-state index is -3.46. The predicted molar refractivity (Wildman–Crippen MR) is 101 cm³/mol. The van der Waals surface area contributed by atoms with E-state index in [2.05, 4.69) is 5.32 Å². The normalized spacial score (nSPS) is 12.1. The van der Waals surface area contributed by atoms with Gasteiger partial charge in [-0.05, 0) is 37.3 Å². The van der Waals surface area contributed by atoms with Crippen molar-refractivity contribution >= 4 is 39.0 Å². The lowest BCUT2D eigenvalue weighted by Gasteiger charge is -2.14. The van der Waals surface area contributed by atoms with E-state index in [1.54, 1.807) is 24.3 Å². The van der Waals surface area contributed by atoms with Crippen molar-refractivity contribution in [2.75, 3.05) is 18.2 Å². The summed E-state index contributed by atoms with van der Waals surface area (Å²) in [6, 6.07) is 12.6. The van der Waals surface area contributed by atoms with Crippen LogP contribution in [0.3, 0.4) is 0 Å². The number of benzene rings is 2. The number of para-hydroxylation sites is 1. The quantitative estimate of drug-likeness (QED) is 0.703. The smallest absolute Gasteiger partial charge is 0.347 e. The summed E-state index contributed by atoms with van der Waals surface area (Å²) >= 11 is 5.96. The van der Waals surface area contributed by atoms with E-state index in [0.717, 1.165) is 6.26 Å². The first kappa shape index (κ1) is 20.7. The molecule has 0 aliphatic rings. The van der Waals surface area contributed by atoms with Gasteiger partial charge in [0.2, 0.25) is 0 Å². The first-order valence-corrected chi connectivity index (χ1v) is 10.1. The standard InChI is InChI=1S/C18H18ClNO6S/c1-12(26-13-6-4-3-5-7-13)18(22)25-11-17(21)20-16-10-14(27(2,23)24)8-9-15(16)19/h3-10,12H,11H2,1-2H3,(H,20,21)/t12-/m0/s1. The molecule has 0 radical (unpaired) electrons. The van der Waals surface area contributed by atoms with Crippen molar-refractivity contribution in [1.82, 2.24) is 0 Å². The van der Waals surface area contributed by atoms with Gasteiger partial charge in [0, 0.05) is 6.26 Å². The monoisotopic (exact) mass is 411 g/mol. The van der Waals surface area contributed by atoms with Gasteiger partial charge in [-0.15, -0.1) is 0 Å². The Hall–Kier alpha value is -2.58. The lowest BCUT2D eigenvalue weighted by Crippen LogP contribution is -2.29. The van der Waals surface area contributed by atoms with Crippen molar-refractivity contribution in [3.05, 3.63) is 53.6 Å². The highest BCUT2D eigenvalue weighted by molar-refractivity contribution is 7.90. The molecule has 0 saturated carbocycles. The minimum Gasteiger partial charge on any atom is -0.479 e. The van der Waals surface area contributed by atoms with Gasteiger partial charge in [-0.25, -0.2) is 13.2 Å². The second kappa shape index (κ2) is 8.88. The summed E-state index contributed by atoms with van der Waals surface area (Å²) < 4.78 is 33.5. The molecule has 1 atom stereocenters. The summed E-state index contributed by atoms with van der Waals surface area (Å²) in [7, 11) is -3.46. The number of nitrogens with one attached hydrogen (secondary N) is 1. The molecule has 0 heterocycles. The third-order valence-electron chi connectivity index (χ3n) is 3.37. The third-order valence-corrected chi connectivity index (χ3v) is 4.81. The molecule has 2 aromatic carbocycles. The molecule has 27 heavy (non-hydrogen) atoms. The number of sulfone groups is 1. The maximum Gasteiger partial charge on any atom is 0.347 e. The number of esters is 1. The Morgan fingerprint density at radius 2 is 1.81 bits per heavy atom. The van der Waals surface area contributed by atoms with Crippen molar-refractivity contribution in [3.63, 3.8) is 0 Å². The molecule has 7 nitrogen and oxygen atoms in total. The number of hydrogen-bond acceptors (Lipinski definition) is 6. The zero-order chi connectivity index (χ0) is 20.0. The Morgan fingerprint density at radius 3 is 2.44 bits per heavy atom. The minimum absolute atomic E-state index is 0.00378. The van der Waals surface area contributed by atoms with Gasteiger partial charge in [-0.2, -0.15) is 0 Å². The summed E-state index contributed by atoms with van der Waals surface area (Å²) in [6.45, 7) is 0.931. The molecule has 2 rings (SSSR count). The third kappa shape index (κ3) is 6.26. The summed E-state index contributed by atoms with van der Waals surface area (Å²) in [4.78, 5) is 23.9. The van der Waals surface area contributed by atoms with Gasteiger partial charge in [-0.1, -0.05) is 29.8 Å². The maximum absolute atomic E-state index is 12.0. The van der Waals surface area contributed by atoms with Crippen LogP contribution in [0.5, 0.6) is 5.75 Å². The molecule has 0 unspecified atom stereocenters. The summed E-state index contributed by atoms with van der Waals surface area (Å²) in [5.74, 6) is -0.886. The van der Waals surface area contributed by atoms with Crippen LogP contribution >= 0.6 is 11.6 Å². The Balaban J connectivity index is 1.91. The molecule has 0 aromatic heterocycles. The zero-order valence-electron chi connectivity index (χ0n) is 14.6.